The number of benzene rings is 2. The first-order valence-corrected chi connectivity index (χ1v) is 10.5. The highest BCUT2D eigenvalue weighted by molar-refractivity contribution is 5.94. The van der Waals surface area contributed by atoms with E-state index in [1.54, 1.807) is 19.1 Å². The molecule has 2 aromatic rings. The lowest BCUT2D eigenvalue weighted by atomic mass is 9.78. The number of nitrogen functional groups attached to an aromatic ring is 1. The molecule has 0 spiro atoms. The van der Waals surface area contributed by atoms with E-state index in [1.165, 1.54) is 5.56 Å². The quantitative estimate of drug-likeness (QED) is 0.419. The van der Waals surface area contributed by atoms with Gasteiger partial charge in [-0.2, -0.15) is 0 Å². The SMILES string of the molecule is C[C@H](NC(=O)C1CCC(c2ccccc2)CC1)C(=O)NCc1ccc(C(=N)N)cc1. The molecule has 0 radical (unpaired) electrons. The molecule has 0 unspecified atom stereocenters. The Balaban J connectivity index is 1.42. The van der Waals surface area contributed by atoms with E-state index in [9.17, 15) is 9.59 Å². The average Bonchev–Trinajstić information content (AvgIpc) is 2.78. The second-order valence-corrected chi connectivity index (χ2v) is 8.02. The van der Waals surface area contributed by atoms with Gasteiger partial charge in [0.05, 0.1) is 0 Å². The maximum Gasteiger partial charge on any atom is 0.242 e. The van der Waals surface area contributed by atoms with Crippen LogP contribution < -0.4 is 16.4 Å². The maximum atomic E-state index is 12.6. The highest BCUT2D eigenvalue weighted by atomic mass is 16.2. The fourth-order valence-electron chi connectivity index (χ4n) is 3.96. The minimum atomic E-state index is -0.583. The van der Waals surface area contributed by atoms with Crippen LogP contribution in [0.3, 0.4) is 0 Å². The number of nitrogens with two attached hydrogens (primary N) is 1. The van der Waals surface area contributed by atoms with E-state index in [0.29, 0.717) is 18.0 Å². The number of hydrogen-bond donors (Lipinski definition) is 4. The van der Waals surface area contributed by atoms with Crippen molar-refractivity contribution >= 4 is 17.6 Å². The Kier molecular flexibility index (Phi) is 7.22. The second-order valence-electron chi connectivity index (χ2n) is 8.02. The van der Waals surface area contributed by atoms with Gasteiger partial charge >= 0.3 is 0 Å². The standard InChI is InChI=1S/C24H30N4O2/c1-16(23(29)27-15-17-7-9-20(10-8-17)22(25)26)28-24(30)21-13-11-19(12-14-21)18-5-3-2-4-6-18/h2-10,16,19,21H,11-15H2,1H3,(H3,25,26)(H,27,29)(H,28,30)/t16-,19?,21?/m0/s1. The summed E-state index contributed by atoms with van der Waals surface area (Å²) in [6, 6.07) is 17.0. The third-order valence-corrected chi connectivity index (χ3v) is 5.85. The molecule has 1 atom stereocenters. The average molecular weight is 407 g/mol. The number of amides is 2. The predicted octanol–water partition coefficient (Wildman–Crippen LogP) is 3.07. The molecular formula is C24H30N4O2. The molecule has 1 aliphatic carbocycles. The lowest BCUT2D eigenvalue weighted by molar-refractivity contribution is -0.131. The van der Waals surface area contributed by atoms with Gasteiger partial charge in [0.25, 0.3) is 0 Å². The highest BCUT2D eigenvalue weighted by Gasteiger charge is 2.28. The summed E-state index contributed by atoms with van der Waals surface area (Å²) >= 11 is 0. The molecule has 2 aromatic carbocycles. The van der Waals surface area contributed by atoms with Gasteiger partial charge in [0.15, 0.2) is 0 Å². The first kappa shape index (κ1) is 21.6. The van der Waals surface area contributed by atoms with Crippen molar-refractivity contribution in [3.8, 4) is 0 Å². The molecule has 158 valence electrons. The van der Waals surface area contributed by atoms with Crippen LogP contribution in [0.4, 0.5) is 0 Å². The minimum Gasteiger partial charge on any atom is -0.384 e. The number of carbonyl (C=O) groups excluding carboxylic acids is 2. The summed E-state index contributed by atoms with van der Waals surface area (Å²) in [5, 5.41) is 13.1. The first-order valence-electron chi connectivity index (χ1n) is 10.5. The largest absolute Gasteiger partial charge is 0.384 e. The van der Waals surface area contributed by atoms with Gasteiger partial charge in [-0.05, 0) is 49.7 Å². The molecule has 6 nitrogen and oxygen atoms in total. The lowest BCUT2D eigenvalue weighted by Crippen LogP contribution is -2.47. The molecule has 0 aromatic heterocycles. The number of hydrogen-bond acceptors (Lipinski definition) is 3. The molecule has 0 bridgehead atoms. The van der Waals surface area contributed by atoms with Crippen molar-refractivity contribution in [3.05, 3.63) is 71.3 Å². The van der Waals surface area contributed by atoms with Gasteiger partial charge in [-0.25, -0.2) is 0 Å². The van der Waals surface area contributed by atoms with Gasteiger partial charge in [-0.15, -0.1) is 0 Å². The number of carbonyl (C=O) groups is 2. The smallest absolute Gasteiger partial charge is 0.242 e. The Bertz CT molecular complexity index is 872. The van der Waals surface area contributed by atoms with E-state index >= 15 is 0 Å². The molecule has 5 N–H and O–H groups in total. The topological polar surface area (TPSA) is 108 Å². The lowest BCUT2D eigenvalue weighted by Gasteiger charge is -2.28. The third kappa shape index (κ3) is 5.69. The van der Waals surface area contributed by atoms with Crippen molar-refractivity contribution in [2.24, 2.45) is 11.7 Å². The van der Waals surface area contributed by atoms with E-state index in [2.05, 4.69) is 34.9 Å². The van der Waals surface area contributed by atoms with E-state index < -0.39 is 6.04 Å². The summed E-state index contributed by atoms with van der Waals surface area (Å²) in [4.78, 5) is 25.0. The van der Waals surface area contributed by atoms with Crippen molar-refractivity contribution in [2.75, 3.05) is 0 Å². The molecule has 2 amide bonds. The molecule has 1 aliphatic rings. The van der Waals surface area contributed by atoms with Gasteiger partial charge in [-0.3, -0.25) is 15.0 Å². The zero-order chi connectivity index (χ0) is 21.5. The van der Waals surface area contributed by atoms with Crippen molar-refractivity contribution in [1.82, 2.24) is 10.6 Å². The monoisotopic (exact) mass is 406 g/mol. The molecule has 1 saturated carbocycles. The van der Waals surface area contributed by atoms with E-state index in [-0.39, 0.29) is 23.6 Å². The number of amidine groups is 1. The van der Waals surface area contributed by atoms with Gasteiger partial charge in [0, 0.05) is 18.0 Å². The summed E-state index contributed by atoms with van der Waals surface area (Å²) < 4.78 is 0. The molecule has 3 rings (SSSR count). The Morgan fingerprint density at radius 1 is 1.03 bits per heavy atom. The van der Waals surface area contributed by atoms with Crippen molar-refractivity contribution in [1.29, 1.82) is 5.41 Å². The minimum absolute atomic E-state index is 0.0136. The van der Waals surface area contributed by atoms with Crippen LogP contribution in [0.25, 0.3) is 0 Å². The summed E-state index contributed by atoms with van der Waals surface area (Å²) in [6.45, 7) is 2.07. The number of rotatable bonds is 7. The molecule has 6 heteroatoms. The van der Waals surface area contributed by atoms with E-state index in [0.717, 1.165) is 31.2 Å². The molecule has 1 fully saturated rings. The maximum absolute atomic E-state index is 12.6. The predicted molar refractivity (Wildman–Crippen MR) is 118 cm³/mol. The van der Waals surface area contributed by atoms with Gasteiger partial charge in [0.1, 0.15) is 11.9 Å². The Morgan fingerprint density at radius 2 is 1.67 bits per heavy atom. The van der Waals surface area contributed by atoms with Crippen LogP contribution >= 0.6 is 0 Å². The van der Waals surface area contributed by atoms with Crippen LogP contribution in [0.5, 0.6) is 0 Å². The van der Waals surface area contributed by atoms with E-state index in [4.69, 9.17) is 11.1 Å². The van der Waals surface area contributed by atoms with Crippen LogP contribution in [0, 0.1) is 11.3 Å². The van der Waals surface area contributed by atoms with Crippen LogP contribution in [0.1, 0.15) is 55.2 Å². The zero-order valence-corrected chi connectivity index (χ0v) is 17.4. The van der Waals surface area contributed by atoms with Crippen LogP contribution in [0.15, 0.2) is 54.6 Å². The van der Waals surface area contributed by atoms with Gasteiger partial charge in [0.2, 0.25) is 11.8 Å². The molecular weight excluding hydrogens is 376 g/mol. The Morgan fingerprint density at radius 3 is 2.27 bits per heavy atom. The van der Waals surface area contributed by atoms with Gasteiger partial charge < -0.3 is 16.4 Å². The van der Waals surface area contributed by atoms with E-state index in [1.807, 2.05) is 18.2 Å². The second kappa shape index (κ2) is 10.1. The molecule has 30 heavy (non-hydrogen) atoms. The molecule has 0 saturated heterocycles. The van der Waals surface area contributed by atoms with Crippen molar-refractivity contribution < 1.29 is 9.59 Å². The molecule has 0 heterocycles. The Labute approximate surface area is 177 Å². The van der Waals surface area contributed by atoms with Crippen LogP contribution in [0.2, 0.25) is 0 Å². The number of nitrogens with one attached hydrogen (secondary N) is 3. The zero-order valence-electron chi connectivity index (χ0n) is 17.4. The summed E-state index contributed by atoms with van der Waals surface area (Å²) in [7, 11) is 0. The van der Waals surface area contributed by atoms with Crippen molar-refractivity contribution in [2.45, 2.75) is 51.1 Å². The van der Waals surface area contributed by atoms with Crippen LogP contribution in [-0.4, -0.2) is 23.7 Å². The third-order valence-electron chi connectivity index (χ3n) is 5.85. The summed E-state index contributed by atoms with van der Waals surface area (Å²) in [5.74, 6) is 0.261. The van der Waals surface area contributed by atoms with Crippen molar-refractivity contribution in [3.63, 3.8) is 0 Å². The molecule has 0 aliphatic heterocycles. The fourth-order valence-corrected chi connectivity index (χ4v) is 3.96. The van der Waals surface area contributed by atoms with Crippen LogP contribution in [-0.2, 0) is 16.1 Å². The summed E-state index contributed by atoms with van der Waals surface area (Å²) in [5.41, 5.74) is 8.35. The normalized spacial score (nSPS) is 19.5. The summed E-state index contributed by atoms with van der Waals surface area (Å²) in [6.07, 6.45) is 3.70. The van der Waals surface area contributed by atoms with Gasteiger partial charge in [-0.1, -0.05) is 54.6 Å². The fraction of sp³-hybridized carbons (Fsp3) is 0.375. The Hall–Kier alpha value is -3.15. The highest BCUT2D eigenvalue weighted by Crippen LogP contribution is 2.35. The first-order chi connectivity index (χ1) is 14.4.